The largest absolute Gasteiger partial charge is 0.345 e. The van der Waals surface area contributed by atoms with E-state index in [1.807, 2.05) is 19.1 Å². The summed E-state index contributed by atoms with van der Waals surface area (Å²) in [5.74, 6) is -0.876. The van der Waals surface area contributed by atoms with E-state index in [2.05, 4.69) is 5.32 Å². The van der Waals surface area contributed by atoms with Crippen LogP contribution in [0.5, 0.6) is 0 Å². The second kappa shape index (κ2) is 6.72. The van der Waals surface area contributed by atoms with Crippen molar-refractivity contribution in [3.05, 3.63) is 70.0 Å². The maximum atomic E-state index is 14.0. The minimum atomic E-state index is -0.471. The lowest BCUT2D eigenvalue weighted by Gasteiger charge is -2.18. The van der Waals surface area contributed by atoms with Gasteiger partial charge in [0.1, 0.15) is 5.82 Å². The van der Waals surface area contributed by atoms with Gasteiger partial charge in [-0.2, -0.15) is 0 Å². The monoisotopic (exact) mass is 305 g/mol. The van der Waals surface area contributed by atoms with Gasteiger partial charge in [0.25, 0.3) is 5.91 Å². The summed E-state index contributed by atoms with van der Waals surface area (Å²) in [4.78, 5) is 12.3. The van der Waals surface area contributed by atoms with Crippen LogP contribution in [0.15, 0.2) is 42.5 Å². The van der Waals surface area contributed by atoms with Crippen LogP contribution in [0.1, 0.15) is 40.9 Å². The van der Waals surface area contributed by atoms with E-state index in [9.17, 15) is 9.18 Å². The molecule has 0 aliphatic rings. The Bertz CT molecular complexity index is 640. The summed E-state index contributed by atoms with van der Waals surface area (Å²) in [6.45, 7) is 3.61. The number of halogens is 2. The Balaban J connectivity index is 2.20. The molecule has 21 heavy (non-hydrogen) atoms. The predicted molar refractivity (Wildman–Crippen MR) is 83.1 cm³/mol. The normalized spacial score (nSPS) is 12.0. The molecule has 0 saturated carbocycles. The van der Waals surface area contributed by atoms with Crippen LogP contribution in [0.2, 0.25) is 5.02 Å². The van der Waals surface area contributed by atoms with Crippen molar-refractivity contribution >= 4 is 17.5 Å². The molecule has 2 rings (SSSR count). The second-order valence-electron chi connectivity index (χ2n) is 4.92. The highest BCUT2D eigenvalue weighted by atomic mass is 35.5. The zero-order valence-corrected chi connectivity index (χ0v) is 12.7. The first-order valence-corrected chi connectivity index (χ1v) is 7.22. The summed E-state index contributed by atoms with van der Waals surface area (Å²) in [6, 6.07) is 11.9. The molecule has 2 aromatic rings. The third-order valence-corrected chi connectivity index (χ3v) is 3.67. The summed E-state index contributed by atoms with van der Waals surface area (Å²) in [7, 11) is 0. The lowest BCUT2D eigenvalue weighted by Crippen LogP contribution is -2.29. The zero-order valence-electron chi connectivity index (χ0n) is 12.0. The number of nitrogens with one attached hydrogen (secondary N) is 1. The van der Waals surface area contributed by atoms with Crippen molar-refractivity contribution in [2.45, 2.75) is 26.3 Å². The van der Waals surface area contributed by atoms with Gasteiger partial charge in [-0.3, -0.25) is 4.79 Å². The molecule has 0 aromatic heterocycles. The van der Waals surface area contributed by atoms with Crippen molar-refractivity contribution in [3.63, 3.8) is 0 Å². The molecule has 0 heterocycles. The Morgan fingerprint density at radius 2 is 1.90 bits per heavy atom. The van der Waals surface area contributed by atoms with Crippen LogP contribution >= 0.6 is 11.6 Å². The Labute approximate surface area is 128 Å². The molecule has 0 saturated heterocycles. The SMILES string of the molecule is CCC(NC(=O)c1cccc(C)c1F)c1ccc(Cl)cc1. The van der Waals surface area contributed by atoms with E-state index in [4.69, 9.17) is 11.6 Å². The van der Waals surface area contributed by atoms with Gasteiger partial charge in [-0.15, -0.1) is 0 Å². The van der Waals surface area contributed by atoms with Crippen molar-refractivity contribution < 1.29 is 9.18 Å². The van der Waals surface area contributed by atoms with E-state index in [0.29, 0.717) is 17.0 Å². The fraction of sp³-hybridized carbons (Fsp3) is 0.235. The molecule has 0 aliphatic carbocycles. The quantitative estimate of drug-likeness (QED) is 0.874. The number of aryl methyl sites for hydroxylation is 1. The number of carbonyl (C=O) groups excluding carboxylic acids is 1. The number of benzene rings is 2. The zero-order chi connectivity index (χ0) is 15.4. The van der Waals surface area contributed by atoms with Crippen LogP contribution in [0.25, 0.3) is 0 Å². The molecule has 0 fully saturated rings. The van der Waals surface area contributed by atoms with Gasteiger partial charge in [0.05, 0.1) is 11.6 Å². The lowest BCUT2D eigenvalue weighted by atomic mass is 10.0. The third-order valence-electron chi connectivity index (χ3n) is 3.42. The maximum Gasteiger partial charge on any atom is 0.254 e. The molecule has 2 nitrogen and oxygen atoms in total. The van der Waals surface area contributed by atoms with Crippen molar-refractivity contribution in [3.8, 4) is 0 Å². The molecule has 2 aromatic carbocycles. The number of carbonyl (C=O) groups is 1. The number of rotatable bonds is 4. The highest BCUT2D eigenvalue weighted by molar-refractivity contribution is 6.30. The number of hydrogen-bond acceptors (Lipinski definition) is 1. The van der Waals surface area contributed by atoms with Crippen LogP contribution in [-0.2, 0) is 0 Å². The maximum absolute atomic E-state index is 14.0. The Morgan fingerprint density at radius 1 is 1.24 bits per heavy atom. The smallest absolute Gasteiger partial charge is 0.254 e. The van der Waals surface area contributed by atoms with Gasteiger partial charge in [0.15, 0.2) is 0 Å². The fourth-order valence-corrected chi connectivity index (χ4v) is 2.30. The van der Waals surface area contributed by atoms with E-state index in [-0.39, 0.29) is 11.6 Å². The summed E-state index contributed by atoms with van der Waals surface area (Å²) >= 11 is 5.86. The Kier molecular flexibility index (Phi) is 4.97. The Morgan fingerprint density at radius 3 is 2.52 bits per heavy atom. The average Bonchev–Trinajstić information content (AvgIpc) is 2.48. The van der Waals surface area contributed by atoms with Crippen molar-refractivity contribution in [1.82, 2.24) is 5.32 Å². The van der Waals surface area contributed by atoms with Crippen LogP contribution in [0, 0.1) is 12.7 Å². The first kappa shape index (κ1) is 15.5. The van der Waals surface area contributed by atoms with Crippen LogP contribution in [0.4, 0.5) is 4.39 Å². The van der Waals surface area contributed by atoms with Gasteiger partial charge in [-0.05, 0) is 42.7 Å². The van der Waals surface area contributed by atoms with E-state index < -0.39 is 11.7 Å². The van der Waals surface area contributed by atoms with Crippen LogP contribution in [0.3, 0.4) is 0 Å². The topological polar surface area (TPSA) is 29.1 Å². The molecule has 110 valence electrons. The third kappa shape index (κ3) is 3.61. The van der Waals surface area contributed by atoms with Gasteiger partial charge < -0.3 is 5.32 Å². The fourth-order valence-electron chi connectivity index (χ4n) is 2.17. The average molecular weight is 306 g/mol. The number of hydrogen-bond donors (Lipinski definition) is 1. The van der Waals surface area contributed by atoms with Crippen molar-refractivity contribution in [1.29, 1.82) is 0 Å². The van der Waals surface area contributed by atoms with Gasteiger partial charge in [-0.25, -0.2) is 4.39 Å². The molecular weight excluding hydrogens is 289 g/mol. The van der Waals surface area contributed by atoms with E-state index >= 15 is 0 Å². The van der Waals surface area contributed by atoms with Crippen LogP contribution in [-0.4, -0.2) is 5.91 Å². The first-order valence-electron chi connectivity index (χ1n) is 6.84. The minimum absolute atomic E-state index is 0.0717. The molecule has 1 atom stereocenters. The summed E-state index contributed by atoms with van der Waals surface area (Å²) in [5.41, 5.74) is 1.48. The van der Waals surface area contributed by atoms with Crippen molar-refractivity contribution in [2.75, 3.05) is 0 Å². The van der Waals surface area contributed by atoms with E-state index in [1.54, 1.807) is 31.2 Å². The molecule has 1 amide bonds. The standard InChI is InChI=1S/C17H17ClFNO/c1-3-15(12-7-9-13(18)10-8-12)20-17(21)14-6-4-5-11(2)16(14)19/h4-10,15H,3H2,1-2H3,(H,20,21). The minimum Gasteiger partial charge on any atom is -0.345 e. The van der Waals surface area contributed by atoms with Gasteiger partial charge in [0, 0.05) is 5.02 Å². The molecule has 0 radical (unpaired) electrons. The molecular formula is C17H17ClFNO. The lowest BCUT2D eigenvalue weighted by molar-refractivity contribution is 0.0931. The summed E-state index contributed by atoms with van der Waals surface area (Å²) < 4.78 is 14.0. The van der Waals surface area contributed by atoms with Gasteiger partial charge >= 0.3 is 0 Å². The second-order valence-corrected chi connectivity index (χ2v) is 5.36. The highest BCUT2D eigenvalue weighted by Gasteiger charge is 2.17. The van der Waals surface area contributed by atoms with E-state index in [0.717, 1.165) is 5.56 Å². The molecule has 0 aliphatic heterocycles. The summed E-state index contributed by atoms with van der Waals surface area (Å²) in [5, 5.41) is 3.51. The summed E-state index contributed by atoms with van der Waals surface area (Å²) in [6.07, 6.45) is 0.709. The van der Waals surface area contributed by atoms with Crippen molar-refractivity contribution in [2.24, 2.45) is 0 Å². The molecule has 4 heteroatoms. The first-order chi connectivity index (χ1) is 10.0. The van der Waals surface area contributed by atoms with Crippen LogP contribution < -0.4 is 5.32 Å². The van der Waals surface area contributed by atoms with E-state index in [1.165, 1.54) is 6.07 Å². The molecule has 0 bridgehead atoms. The molecule has 1 unspecified atom stereocenters. The Hall–Kier alpha value is -1.87. The predicted octanol–water partition coefficient (Wildman–Crippen LogP) is 4.67. The van der Waals surface area contributed by atoms with Gasteiger partial charge in [-0.1, -0.05) is 42.8 Å². The van der Waals surface area contributed by atoms with Gasteiger partial charge in [0.2, 0.25) is 0 Å². The molecule has 0 spiro atoms. The number of amides is 1. The molecule has 1 N–H and O–H groups in total. The highest BCUT2D eigenvalue weighted by Crippen LogP contribution is 2.20.